The summed E-state index contributed by atoms with van der Waals surface area (Å²) in [5, 5.41) is 1.28. The summed E-state index contributed by atoms with van der Waals surface area (Å²) in [6.07, 6.45) is 4.29. The largest absolute Gasteiger partial charge is 0.493 e. The first-order valence-electron chi connectivity index (χ1n) is 6.66. The lowest BCUT2D eigenvalue weighted by Crippen LogP contribution is -2.07. The quantitative estimate of drug-likeness (QED) is 0.637. The van der Waals surface area contributed by atoms with Gasteiger partial charge in [-0.15, -0.1) is 0 Å². The topological polar surface area (TPSA) is 25.0 Å². The van der Waals surface area contributed by atoms with Crippen molar-refractivity contribution < 1.29 is 4.74 Å². The van der Waals surface area contributed by atoms with Crippen molar-refractivity contribution in [1.82, 2.24) is 4.98 Å². The van der Waals surface area contributed by atoms with E-state index in [4.69, 9.17) is 4.74 Å². The highest BCUT2D eigenvalue weighted by molar-refractivity contribution is 5.78. The van der Waals surface area contributed by atoms with Gasteiger partial charge in [0.15, 0.2) is 0 Å². The molecule has 2 aromatic carbocycles. The molecule has 19 heavy (non-hydrogen) atoms. The summed E-state index contributed by atoms with van der Waals surface area (Å²) >= 11 is 0. The SMILES string of the molecule is c1ccc2[nH]ccc2c1.c1ccc2c(c1)CCCO2. The molecule has 96 valence electrons. The zero-order valence-electron chi connectivity index (χ0n) is 10.8. The van der Waals surface area contributed by atoms with Crippen LogP contribution in [0.4, 0.5) is 0 Å². The molecular weight excluding hydrogens is 234 g/mol. The van der Waals surface area contributed by atoms with E-state index < -0.39 is 0 Å². The fourth-order valence-corrected chi connectivity index (χ4v) is 2.29. The lowest BCUT2D eigenvalue weighted by atomic mass is 10.1. The Hall–Kier alpha value is -2.22. The number of para-hydroxylation sites is 2. The smallest absolute Gasteiger partial charge is 0.122 e. The van der Waals surface area contributed by atoms with Crippen LogP contribution >= 0.6 is 0 Å². The molecule has 3 aromatic rings. The molecule has 0 saturated heterocycles. The molecule has 0 saturated carbocycles. The molecule has 0 fully saturated rings. The molecule has 0 bridgehead atoms. The van der Waals surface area contributed by atoms with Crippen LogP contribution in [-0.2, 0) is 6.42 Å². The van der Waals surface area contributed by atoms with E-state index in [2.05, 4.69) is 35.3 Å². The molecule has 0 unspecified atom stereocenters. The number of benzene rings is 2. The Morgan fingerprint density at radius 3 is 2.63 bits per heavy atom. The molecule has 2 nitrogen and oxygen atoms in total. The first kappa shape index (κ1) is 11.8. The Kier molecular flexibility index (Phi) is 3.50. The van der Waals surface area contributed by atoms with Crippen LogP contribution in [-0.4, -0.2) is 11.6 Å². The summed E-state index contributed by atoms with van der Waals surface area (Å²) in [6.45, 7) is 0.886. The molecule has 0 radical (unpaired) electrons. The lowest BCUT2D eigenvalue weighted by molar-refractivity contribution is 0.288. The average molecular weight is 251 g/mol. The Balaban J connectivity index is 0.000000117. The van der Waals surface area contributed by atoms with E-state index in [1.807, 2.05) is 30.5 Å². The molecule has 1 aliphatic heterocycles. The van der Waals surface area contributed by atoms with Crippen LogP contribution in [0.3, 0.4) is 0 Å². The molecule has 1 aliphatic rings. The summed E-state index contributed by atoms with van der Waals surface area (Å²) in [4.78, 5) is 3.12. The first-order valence-corrected chi connectivity index (χ1v) is 6.66. The number of H-pyrrole nitrogens is 1. The van der Waals surface area contributed by atoms with Crippen molar-refractivity contribution in [3.05, 3.63) is 66.4 Å². The molecule has 2 heteroatoms. The minimum atomic E-state index is 0.886. The van der Waals surface area contributed by atoms with E-state index in [0.29, 0.717) is 0 Å². The van der Waals surface area contributed by atoms with Gasteiger partial charge >= 0.3 is 0 Å². The molecule has 1 N–H and O–H groups in total. The molecule has 0 aliphatic carbocycles. The Morgan fingerprint density at radius 1 is 0.895 bits per heavy atom. The van der Waals surface area contributed by atoms with Gasteiger partial charge in [0, 0.05) is 11.7 Å². The fraction of sp³-hybridized carbons (Fsp3) is 0.176. The van der Waals surface area contributed by atoms with Gasteiger partial charge in [-0.3, -0.25) is 0 Å². The normalized spacial score (nSPS) is 13.1. The van der Waals surface area contributed by atoms with Gasteiger partial charge in [0.1, 0.15) is 5.75 Å². The van der Waals surface area contributed by atoms with Crippen LogP contribution in [0.5, 0.6) is 5.75 Å². The third-order valence-corrected chi connectivity index (χ3v) is 3.28. The van der Waals surface area contributed by atoms with E-state index in [1.165, 1.54) is 22.9 Å². The van der Waals surface area contributed by atoms with Crippen LogP contribution in [0.15, 0.2) is 60.8 Å². The lowest BCUT2D eigenvalue weighted by Gasteiger charge is -2.15. The first-order chi connectivity index (χ1) is 9.43. The standard InChI is InChI=1S/C9H10O.C8H7N/c1-2-6-9-8(4-1)5-3-7-10-9;1-2-4-8-7(3-1)5-6-9-8/h1-2,4,6H,3,5,7H2;1-6,9H. The highest BCUT2D eigenvalue weighted by Crippen LogP contribution is 2.23. The molecule has 0 atom stereocenters. The molecule has 0 spiro atoms. The zero-order valence-corrected chi connectivity index (χ0v) is 10.8. The van der Waals surface area contributed by atoms with Crippen molar-refractivity contribution in [3.8, 4) is 5.75 Å². The van der Waals surface area contributed by atoms with Crippen LogP contribution in [0, 0.1) is 0 Å². The van der Waals surface area contributed by atoms with Crippen LogP contribution in [0.1, 0.15) is 12.0 Å². The van der Waals surface area contributed by atoms with Crippen LogP contribution in [0.25, 0.3) is 10.9 Å². The highest BCUT2D eigenvalue weighted by atomic mass is 16.5. The number of fused-ring (bicyclic) bond motifs is 2. The maximum Gasteiger partial charge on any atom is 0.122 e. The summed E-state index contributed by atoms with van der Waals surface area (Å²) < 4.78 is 5.42. The third-order valence-electron chi connectivity index (χ3n) is 3.28. The van der Waals surface area contributed by atoms with Gasteiger partial charge in [-0.25, -0.2) is 0 Å². The van der Waals surface area contributed by atoms with E-state index in [1.54, 1.807) is 0 Å². The van der Waals surface area contributed by atoms with E-state index in [-0.39, 0.29) is 0 Å². The number of aromatic amines is 1. The third kappa shape index (κ3) is 2.79. The van der Waals surface area contributed by atoms with E-state index in [0.717, 1.165) is 18.8 Å². The van der Waals surface area contributed by atoms with Crippen molar-refractivity contribution in [2.24, 2.45) is 0 Å². The van der Waals surface area contributed by atoms with E-state index >= 15 is 0 Å². The minimum Gasteiger partial charge on any atom is -0.493 e. The summed E-state index contributed by atoms with van der Waals surface area (Å²) in [7, 11) is 0. The minimum absolute atomic E-state index is 0.886. The number of ether oxygens (including phenoxy) is 1. The molecule has 4 rings (SSSR count). The monoisotopic (exact) mass is 251 g/mol. The van der Waals surface area contributed by atoms with Crippen LogP contribution in [0.2, 0.25) is 0 Å². The Morgan fingerprint density at radius 2 is 1.74 bits per heavy atom. The van der Waals surface area contributed by atoms with Crippen molar-refractivity contribution in [1.29, 1.82) is 0 Å². The van der Waals surface area contributed by atoms with Crippen molar-refractivity contribution in [2.45, 2.75) is 12.8 Å². The summed E-state index contributed by atoms with van der Waals surface area (Å²) in [5.41, 5.74) is 2.56. The second kappa shape index (κ2) is 5.61. The van der Waals surface area contributed by atoms with Gasteiger partial charge in [-0.1, -0.05) is 36.4 Å². The van der Waals surface area contributed by atoms with Gasteiger partial charge in [-0.05, 0) is 42.0 Å². The highest BCUT2D eigenvalue weighted by Gasteiger charge is 2.06. The predicted octanol–water partition coefficient (Wildman–Crippen LogP) is 4.18. The van der Waals surface area contributed by atoms with E-state index in [9.17, 15) is 0 Å². The van der Waals surface area contributed by atoms with Gasteiger partial charge in [0.05, 0.1) is 6.61 Å². The second-order valence-electron chi connectivity index (χ2n) is 4.62. The average Bonchev–Trinajstić information content (AvgIpc) is 2.96. The fourth-order valence-electron chi connectivity index (χ4n) is 2.29. The summed E-state index contributed by atoms with van der Waals surface area (Å²) in [6, 6.07) is 18.5. The van der Waals surface area contributed by atoms with Crippen LogP contribution < -0.4 is 4.74 Å². The number of hydrogen-bond acceptors (Lipinski definition) is 1. The molecule has 1 aromatic heterocycles. The predicted molar refractivity (Wildman–Crippen MR) is 78.6 cm³/mol. The molecular formula is C17H17NO. The Bertz CT molecular complexity index is 602. The number of nitrogens with one attached hydrogen (secondary N) is 1. The zero-order chi connectivity index (χ0) is 12.9. The summed E-state index contributed by atoms with van der Waals surface area (Å²) in [5.74, 6) is 1.08. The molecule has 2 heterocycles. The number of rotatable bonds is 0. The Labute approximate surface area is 113 Å². The van der Waals surface area contributed by atoms with Gasteiger partial charge < -0.3 is 9.72 Å². The maximum atomic E-state index is 5.42. The van der Waals surface area contributed by atoms with Gasteiger partial charge in [-0.2, -0.15) is 0 Å². The number of aryl methyl sites for hydroxylation is 1. The number of aromatic nitrogens is 1. The molecule has 0 amide bonds. The van der Waals surface area contributed by atoms with Gasteiger partial charge in [0.25, 0.3) is 0 Å². The van der Waals surface area contributed by atoms with Crippen molar-refractivity contribution >= 4 is 10.9 Å². The van der Waals surface area contributed by atoms with Crippen molar-refractivity contribution in [2.75, 3.05) is 6.61 Å². The number of hydrogen-bond donors (Lipinski definition) is 1. The van der Waals surface area contributed by atoms with Gasteiger partial charge in [0.2, 0.25) is 0 Å². The maximum absolute atomic E-state index is 5.42. The second-order valence-corrected chi connectivity index (χ2v) is 4.62. The van der Waals surface area contributed by atoms with Crippen molar-refractivity contribution in [3.63, 3.8) is 0 Å².